The number of aryl methyl sites for hydroxylation is 1. The van der Waals surface area contributed by atoms with E-state index in [2.05, 4.69) is 28.9 Å². The number of rotatable bonds is 13. The maximum atomic E-state index is 12.0. The molecule has 1 fully saturated rings. The monoisotopic (exact) mass is 458 g/mol. The fourth-order valence-electron chi connectivity index (χ4n) is 4.72. The summed E-state index contributed by atoms with van der Waals surface area (Å²) in [6, 6.07) is 8.07. The number of pyridine rings is 1. The molecular formula is C26H38N2O3S. The lowest BCUT2D eigenvalue weighted by atomic mass is 9.81. The zero-order valence-electron chi connectivity index (χ0n) is 19.6. The van der Waals surface area contributed by atoms with E-state index < -0.39 is 5.97 Å². The Morgan fingerprint density at radius 2 is 2.09 bits per heavy atom. The summed E-state index contributed by atoms with van der Waals surface area (Å²) in [5.74, 6) is 2.67. The number of aromatic nitrogens is 1. The van der Waals surface area contributed by atoms with Crippen molar-refractivity contribution in [3.8, 4) is 5.75 Å². The van der Waals surface area contributed by atoms with Crippen molar-refractivity contribution in [2.45, 2.75) is 51.9 Å². The Kier molecular flexibility index (Phi) is 10.1. The van der Waals surface area contributed by atoms with Crippen LogP contribution in [0.1, 0.15) is 51.0 Å². The minimum atomic E-state index is -0.629. The summed E-state index contributed by atoms with van der Waals surface area (Å²) in [6.07, 6.45) is 9.46. The molecule has 3 rings (SSSR count). The van der Waals surface area contributed by atoms with Gasteiger partial charge in [-0.25, -0.2) is 0 Å². The number of unbranched alkanes of at least 4 members (excludes halogenated alkanes) is 1. The molecule has 0 amide bonds. The molecule has 2 heterocycles. The number of carbonyl (C=O) groups is 1. The zero-order valence-corrected chi connectivity index (χ0v) is 20.4. The number of thioether (sulfide) groups is 1. The minimum Gasteiger partial charge on any atom is -0.497 e. The van der Waals surface area contributed by atoms with Crippen LogP contribution in [-0.2, 0) is 11.2 Å². The number of ether oxygens (including phenoxy) is 1. The summed E-state index contributed by atoms with van der Waals surface area (Å²) < 4.78 is 5.38. The maximum absolute atomic E-state index is 12.0. The van der Waals surface area contributed by atoms with Gasteiger partial charge in [-0.2, -0.15) is 11.8 Å². The van der Waals surface area contributed by atoms with E-state index in [1.165, 1.54) is 29.9 Å². The van der Waals surface area contributed by atoms with Crippen LogP contribution in [0.25, 0.3) is 10.9 Å². The lowest BCUT2D eigenvalue weighted by molar-refractivity contribution is -0.146. The molecule has 176 valence electrons. The number of hydrogen-bond acceptors (Lipinski definition) is 5. The van der Waals surface area contributed by atoms with Crippen LogP contribution >= 0.6 is 11.8 Å². The first-order valence-corrected chi connectivity index (χ1v) is 13.2. The number of methoxy groups -OCH3 is 1. The Hall–Kier alpha value is -1.79. The van der Waals surface area contributed by atoms with E-state index in [4.69, 9.17) is 4.74 Å². The highest BCUT2D eigenvalue weighted by Crippen LogP contribution is 2.30. The van der Waals surface area contributed by atoms with Crippen LogP contribution < -0.4 is 4.74 Å². The van der Waals surface area contributed by atoms with Gasteiger partial charge < -0.3 is 14.7 Å². The third-order valence-electron chi connectivity index (χ3n) is 6.62. The highest BCUT2D eigenvalue weighted by atomic mass is 32.2. The predicted octanol–water partition coefficient (Wildman–Crippen LogP) is 5.51. The number of benzene rings is 1. The van der Waals surface area contributed by atoms with Gasteiger partial charge in [-0.15, -0.1) is 0 Å². The van der Waals surface area contributed by atoms with E-state index in [1.54, 1.807) is 7.11 Å². The Morgan fingerprint density at radius 3 is 2.88 bits per heavy atom. The zero-order chi connectivity index (χ0) is 22.8. The van der Waals surface area contributed by atoms with Gasteiger partial charge in [-0.3, -0.25) is 9.78 Å². The SMILES string of the molecule is CCCCSCCCN1CC[C@@H](CCCc2ccnc3ccc(OC)cc23)[C@@H](C(=O)O)C1. The van der Waals surface area contributed by atoms with Gasteiger partial charge in [-0.1, -0.05) is 13.3 Å². The van der Waals surface area contributed by atoms with Gasteiger partial charge in [0.15, 0.2) is 0 Å². The van der Waals surface area contributed by atoms with Crippen molar-refractivity contribution in [2.24, 2.45) is 11.8 Å². The lowest BCUT2D eigenvalue weighted by Gasteiger charge is -2.36. The topological polar surface area (TPSA) is 62.7 Å². The number of piperidine rings is 1. The molecule has 6 heteroatoms. The Labute approximate surface area is 196 Å². The largest absolute Gasteiger partial charge is 0.497 e. The summed E-state index contributed by atoms with van der Waals surface area (Å²) >= 11 is 2.03. The second kappa shape index (κ2) is 13.0. The van der Waals surface area contributed by atoms with Crippen LogP contribution in [0.4, 0.5) is 0 Å². The number of hydrogen-bond donors (Lipinski definition) is 1. The fourth-order valence-corrected chi connectivity index (χ4v) is 5.75. The highest BCUT2D eigenvalue weighted by Gasteiger charge is 2.33. The minimum absolute atomic E-state index is 0.245. The first kappa shape index (κ1) is 24.8. The van der Waals surface area contributed by atoms with Crippen molar-refractivity contribution in [3.05, 3.63) is 36.0 Å². The van der Waals surface area contributed by atoms with Crippen LogP contribution in [0, 0.1) is 11.8 Å². The number of likely N-dealkylation sites (tertiary alicyclic amines) is 1. The summed E-state index contributed by atoms with van der Waals surface area (Å²) in [7, 11) is 1.68. The molecule has 1 aromatic heterocycles. The van der Waals surface area contributed by atoms with Gasteiger partial charge in [0.2, 0.25) is 0 Å². The second-order valence-electron chi connectivity index (χ2n) is 8.86. The van der Waals surface area contributed by atoms with Crippen molar-refractivity contribution < 1.29 is 14.6 Å². The van der Waals surface area contributed by atoms with Crippen molar-refractivity contribution in [1.82, 2.24) is 9.88 Å². The van der Waals surface area contributed by atoms with Crippen LogP contribution in [0.2, 0.25) is 0 Å². The molecule has 2 atom stereocenters. The molecule has 0 saturated carbocycles. The number of aliphatic carboxylic acids is 1. The van der Waals surface area contributed by atoms with Crippen LogP contribution in [-0.4, -0.2) is 59.2 Å². The maximum Gasteiger partial charge on any atom is 0.308 e. The molecule has 1 saturated heterocycles. The normalized spacial score (nSPS) is 19.3. The van der Waals surface area contributed by atoms with Crippen molar-refractivity contribution in [2.75, 3.05) is 38.2 Å². The van der Waals surface area contributed by atoms with E-state index in [9.17, 15) is 9.90 Å². The number of carboxylic acids is 1. The first-order chi connectivity index (χ1) is 15.6. The van der Waals surface area contributed by atoms with Crippen LogP contribution in [0.3, 0.4) is 0 Å². The molecule has 1 aromatic carbocycles. The van der Waals surface area contributed by atoms with Crippen molar-refractivity contribution in [1.29, 1.82) is 0 Å². The Balaban J connectivity index is 1.49. The van der Waals surface area contributed by atoms with Crippen molar-refractivity contribution in [3.63, 3.8) is 0 Å². The van der Waals surface area contributed by atoms with E-state index in [0.29, 0.717) is 6.54 Å². The number of nitrogens with zero attached hydrogens (tertiary/aromatic N) is 2. The lowest BCUT2D eigenvalue weighted by Crippen LogP contribution is -2.44. The molecule has 1 aliphatic rings. The smallest absolute Gasteiger partial charge is 0.308 e. The van der Waals surface area contributed by atoms with Gasteiger partial charge in [0.1, 0.15) is 5.75 Å². The molecule has 0 spiro atoms. The third kappa shape index (κ3) is 7.11. The quantitative estimate of drug-likeness (QED) is 0.399. The number of fused-ring (bicyclic) bond motifs is 1. The molecule has 0 bridgehead atoms. The molecule has 1 N–H and O–H groups in total. The van der Waals surface area contributed by atoms with Gasteiger partial charge >= 0.3 is 5.97 Å². The second-order valence-corrected chi connectivity index (χ2v) is 10.1. The van der Waals surface area contributed by atoms with E-state index in [-0.39, 0.29) is 11.8 Å². The fraction of sp³-hybridized carbons (Fsp3) is 0.615. The summed E-state index contributed by atoms with van der Waals surface area (Å²) in [5.41, 5.74) is 2.24. The van der Waals surface area contributed by atoms with Crippen LogP contribution in [0.15, 0.2) is 30.5 Å². The standard InChI is InChI=1S/C26H38N2O3S/c1-3-4-16-32-17-6-14-28-15-12-21(24(19-28)26(29)30)8-5-7-20-11-13-27-25-10-9-22(31-2)18-23(20)25/h9-11,13,18,21,24H,3-8,12,14-17,19H2,1-2H3,(H,29,30)/t21-,24+/m1/s1. The summed E-state index contributed by atoms with van der Waals surface area (Å²) in [5, 5.41) is 11.0. The third-order valence-corrected chi connectivity index (χ3v) is 7.78. The molecular weight excluding hydrogens is 420 g/mol. The molecule has 0 aliphatic carbocycles. The predicted molar refractivity (Wildman–Crippen MR) is 134 cm³/mol. The average Bonchev–Trinajstić information content (AvgIpc) is 2.81. The molecule has 1 aliphatic heterocycles. The highest BCUT2D eigenvalue weighted by molar-refractivity contribution is 7.99. The van der Waals surface area contributed by atoms with Gasteiger partial charge in [0, 0.05) is 18.1 Å². The summed E-state index contributed by atoms with van der Waals surface area (Å²) in [6.45, 7) is 4.99. The molecule has 2 aromatic rings. The van der Waals surface area contributed by atoms with Gasteiger partial charge in [0.05, 0.1) is 18.5 Å². The molecule has 0 radical (unpaired) electrons. The van der Waals surface area contributed by atoms with E-state index in [0.717, 1.165) is 61.8 Å². The van der Waals surface area contributed by atoms with E-state index >= 15 is 0 Å². The number of carboxylic acid groups (broad SMARTS) is 1. The first-order valence-electron chi connectivity index (χ1n) is 12.1. The van der Waals surface area contributed by atoms with Crippen LogP contribution in [0.5, 0.6) is 5.75 Å². The van der Waals surface area contributed by atoms with Gasteiger partial charge in [-0.05, 0) is 98.9 Å². The molecule has 32 heavy (non-hydrogen) atoms. The Morgan fingerprint density at radius 1 is 1.25 bits per heavy atom. The molecule has 0 unspecified atom stereocenters. The van der Waals surface area contributed by atoms with Gasteiger partial charge in [0.25, 0.3) is 0 Å². The van der Waals surface area contributed by atoms with Crippen molar-refractivity contribution >= 4 is 28.6 Å². The average molecular weight is 459 g/mol. The molecule has 5 nitrogen and oxygen atoms in total. The summed E-state index contributed by atoms with van der Waals surface area (Å²) in [4.78, 5) is 18.8. The Bertz CT molecular complexity index is 860. The van der Waals surface area contributed by atoms with E-state index in [1.807, 2.05) is 30.1 Å².